The van der Waals surface area contributed by atoms with Crippen LogP contribution in [0.25, 0.3) is 0 Å². The zero-order valence-corrected chi connectivity index (χ0v) is 7.17. The van der Waals surface area contributed by atoms with Crippen molar-refractivity contribution in [2.24, 2.45) is 4.99 Å². The summed E-state index contributed by atoms with van der Waals surface area (Å²) in [6, 6.07) is 1.57. The van der Waals surface area contributed by atoms with Gasteiger partial charge in [0.25, 0.3) is 5.91 Å². The maximum absolute atomic E-state index is 13.0. The van der Waals surface area contributed by atoms with Crippen molar-refractivity contribution in [1.82, 2.24) is 0 Å². The van der Waals surface area contributed by atoms with Crippen LogP contribution in [0.4, 0.5) is 8.78 Å². The number of isocyanates is 1. The van der Waals surface area contributed by atoms with Gasteiger partial charge >= 0.3 is 0 Å². The predicted molar refractivity (Wildman–Crippen MR) is 43.5 cm³/mol. The number of hydrogen-bond acceptors (Lipinski definition) is 2. The lowest BCUT2D eigenvalue weighted by Gasteiger charge is -2.00. The molecule has 0 bridgehead atoms. The van der Waals surface area contributed by atoms with Crippen LogP contribution in [0.2, 0.25) is 0 Å². The number of hydrogen-bond donors (Lipinski definition) is 0. The molecule has 0 spiro atoms. The van der Waals surface area contributed by atoms with E-state index in [9.17, 15) is 18.4 Å². The lowest BCUT2D eigenvalue weighted by Crippen LogP contribution is -2.01. The number of aliphatic imine (C=N–C) groups is 1. The molecule has 72 valence electrons. The van der Waals surface area contributed by atoms with Crippen LogP contribution in [0.5, 0.6) is 0 Å². The highest BCUT2D eigenvalue weighted by molar-refractivity contribution is 5.97. The molecule has 0 saturated carbocycles. The Kier molecular flexibility index (Phi) is 2.84. The van der Waals surface area contributed by atoms with Gasteiger partial charge in [0.1, 0.15) is 11.6 Å². The van der Waals surface area contributed by atoms with Crippen molar-refractivity contribution < 1.29 is 18.4 Å². The molecule has 1 aromatic rings. The highest BCUT2D eigenvalue weighted by Crippen LogP contribution is 2.14. The zero-order chi connectivity index (χ0) is 10.7. The van der Waals surface area contributed by atoms with Crippen molar-refractivity contribution >= 4 is 12.0 Å². The molecule has 3 nitrogen and oxygen atoms in total. The van der Waals surface area contributed by atoms with Gasteiger partial charge in [-0.25, -0.2) is 13.6 Å². The van der Waals surface area contributed by atoms with E-state index in [0.29, 0.717) is 6.07 Å². The van der Waals surface area contributed by atoms with Crippen LogP contribution in [0.3, 0.4) is 0 Å². The van der Waals surface area contributed by atoms with Crippen LogP contribution in [0.1, 0.15) is 15.9 Å². The summed E-state index contributed by atoms with van der Waals surface area (Å²) < 4.78 is 25.7. The Hall–Kier alpha value is -1.87. The smallest absolute Gasteiger partial charge is 0.266 e. The number of nitrogens with zero attached hydrogens (tertiary/aromatic N) is 1. The van der Waals surface area contributed by atoms with E-state index in [2.05, 4.69) is 4.99 Å². The van der Waals surface area contributed by atoms with Crippen molar-refractivity contribution in [1.29, 1.82) is 0 Å². The van der Waals surface area contributed by atoms with E-state index in [1.165, 1.54) is 6.92 Å². The second kappa shape index (κ2) is 3.89. The maximum atomic E-state index is 13.0. The lowest BCUT2D eigenvalue weighted by atomic mass is 10.1. The average Bonchev–Trinajstić information content (AvgIpc) is 2.11. The highest BCUT2D eigenvalue weighted by Gasteiger charge is 2.13. The van der Waals surface area contributed by atoms with E-state index in [1.807, 2.05) is 0 Å². The van der Waals surface area contributed by atoms with Gasteiger partial charge in [0.05, 0.1) is 5.56 Å². The quantitative estimate of drug-likeness (QED) is 0.508. The van der Waals surface area contributed by atoms with Crippen LogP contribution in [0.15, 0.2) is 17.1 Å². The first-order chi connectivity index (χ1) is 6.56. The molecule has 5 heteroatoms. The molecular weight excluding hydrogens is 192 g/mol. The number of amides is 1. The fourth-order valence-electron chi connectivity index (χ4n) is 0.923. The fraction of sp³-hybridized carbons (Fsp3) is 0.111. The molecule has 1 aromatic carbocycles. The first-order valence-corrected chi connectivity index (χ1v) is 3.64. The lowest BCUT2D eigenvalue weighted by molar-refractivity contribution is 0.0999. The largest absolute Gasteiger partial charge is 0.290 e. The summed E-state index contributed by atoms with van der Waals surface area (Å²) in [5.74, 6) is -2.87. The molecule has 0 aliphatic carbocycles. The molecule has 1 rings (SSSR count). The minimum atomic E-state index is -1.07. The Morgan fingerprint density at radius 1 is 1.36 bits per heavy atom. The van der Waals surface area contributed by atoms with Gasteiger partial charge in [-0.05, 0) is 18.6 Å². The van der Waals surface area contributed by atoms with E-state index in [1.54, 1.807) is 0 Å². The third-order valence-corrected chi connectivity index (χ3v) is 1.63. The Morgan fingerprint density at radius 3 is 2.57 bits per heavy atom. The van der Waals surface area contributed by atoms with E-state index in [0.717, 1.165) is 12.1 Å². The van der Waals surface area contributed by atoms with Gasteiger partial charge in [-0.2, -0.15) is 0 Å². The highest BCUT2D eigenvalue weighted by atomic mass is 19.1. The summed E-state index contributed by atoms with van der Waals surface area (Å²) in [5.41, 5.74) is -0.330. The van der Waals surface area contributed by atoms with Crippen LogP contribution in [0, 0.1) is 18.6 Å². The van der Waals surface area contributed by atoms with Crippen LogP contribution >= 0.6 is 0 Å². The molecule has 14 heavy (non-hydrogen) atoms. The number of carbonyl (C=O) groups is 1. The normalized spacial score (nSPS) is 9.36. The van der Waals surface area contributed by atoms with Gasteiger partial charge in [0.2, 0.25) is 6.08 Å². The summed E-state index contributed by atoms with van der Waals surface area (Å²) in [5, 5.41) is 0. The van der Waals surface area contributed by atoms with Gasteiger partial charge in [0.15, 0.2) is 0 Å². The number of rotatable bonds is 1. The molecule has 0 aromatic heterocycles. The molecule has 0 saturated heterocycles. The Labute approximate surface area is 78.1 Å². The second-order valence-corrected chi connectivity index (χ2v) is 2.59. The SMILES string of the molecule is Cc1cc(C(=O)N=C=O)c(F)cc1F. The van der Waals surface area contributed by atoms with Crippen LogP contribution in [-0.2, 0) is 4.79 Å². The topological polar surface area (TPSA) is 46.5 Å². The molecule has 0 N–H and O–H groups in total. The Balaban J connectivity index is 3.29. The first-order valence-electron chi connectivity index (χ1n) is 3.64. The molecule has 0 unspecified atom stereocenters. The van der Waals surface area contributed by atoms with Crippen molar-refractivity contribution in [2.45, 2.75) is 6.92 Å². The van der Waals surface area contributed by atoms with Crippen molar-refractivity contribution in [3.63, 3.8) is 0 Å². The van der Waals surface area contributed by atoms with Gasteiger partial charge in [-0.15, -0.1) is 4.99 Å². The molecule has 0 aliphatic heterocycles. The molecule has 0 atom stereocenters. The van der Waals surface area contributed by atoms with E-state index >= 15 is 0 Å². The van der Waals surface area contributed by atoms with Gasteiger partial charge in [-0.3, -0.25) is 4.79 Å². The van der Waals surface area contributed by atoms with Crippen molar-refractivity contribution in [2.75, 3.05) is 0 Å². The standard InChI is InChI=1S/C9H5F2NO2/c1-5-2-6(9(14)12-4-13)8(11)3-7(5)10/h2-3H,1H3. The maximum Gasteiger partial charge on any atom is 0.290 e. The molecule has 1 amide bonds. The number of carbonyl (C=O) groups excluding carboxylic acids is 2. The van der Waals surface area contributed by atoms with Crippen molar-refractivity contribution in [3.05, 3.63) is 34.9 Å². The van der Waals surface area contributed by atoms with Gasteiger partial charge in [-0.1, -0.05) is 0 Å². The summed E-state index contributed by atoms with van der Waals surface area (Å²) in [6.07, 6.45) is 0.992. The third-order valence-electron chi connectivity index (χ3n) is 1.63. The monoisotopic (exact) mass is 197 g/mol. The number of halogens is 2. The average molecular weight is 197 g/mol. The molecular formula is C9H5F2NO2. The van der Waals surface area contributed by atoms with Crippen LogP contribution in [-0.4, -0.2) is 12.0 Å². The van der Waals surface area contributed by atoms with Crippen molar-refractivity contribution in [3.8, 4) is 0 Å². The minimum Gasteiger partial charge on any atom is -0.266 e. The first kappa shape index (κ1) is 10.2. The molecule has 0 heterocycles. The van der Waals surface area contributed by atoms with E-state index in [-0.39, 0.29) is 5.56 Å². The van der Waals surface area contributed by atoms with E-state index < -0.39 is 23.1 Å². The summed E-state index contributed by atoms with van der Waals surface area (Å²) in [6.45, 7) is 1.37. The predicted octanol–water partition coefficient (Wildman–Crippen LogP) is 1.75. The summed E-state index contributed by atoms with van der Waals surface area (Å²) >= 11 is 0. The van der Waals surface area contributed by atoms with Crippen LogP contribution < -0.4 is 0 Å². The van der Waals surface area contributed by atoms with E-state index in [4.69, 9.17) is 0 Å². The summed E-state index contributed by atoms with van der Waals surface area (Å²) in [4.78, 5) is 23.4. The molecule has 0 radical (unpaired) electrons. The fourth-order valence-corrected chi connectivity index (χ4v) is 0.923. The number of benzene rings is 1. The molecule has 0 aliphatic rings. The molecule has 0 fully saturated rings. The second-order valence-electron chi connectivity index (χ2n) is 2.59. The minimum absolute atomic E-state index is 0.107. The Morgan fingerprint density at radius 2 is 2.00 bits per heavy atom. The van der Waals surface area contributed by atoms with Gasteiger partial charge < -0.3 is 0 Å². The summed E-state index contributed by atoms with van der Waals surface area (Å²) in [7, 11) is 0. The van der Waals surface area contributed by atoms with Gasteiger partial charge in [0, 0.05) is 6.07 Å². The number of aryl methyl sites for hydroxylation is 1. The third kappa shape index (κ3) is 1.89. The Bertz CT molecular complexity index is 437. The zero-order valence-electron chi connectivity index (χ0n) is 7.17.